The smallest absolute Gasteiger partial charge is 0.283 e. The topological polar surface area (TPSA) is 76.4 Å². The number of ether oxygens (including phenoxy) is 1. The molecule has 0 amide bonds. The minimum Gasteiger partial charge on any atom is -0.394 e. The lowest BCUT2D eigenvalue weighted by Gasteiger charge is -2.21. The second-order valence-corrected chi connectivity index (χ2v) is 5.37. The summed E-state index contributed by atoms with van der Waals surface area (Å²) < 4.78 is 7.09. The number of aliphatic hydroxyl groups is 1. The maximum atomic E-state index is 12.0. The zero-order chi connectivity index (χ0) is 13.8. The van der Waals surface area contributed by atoms with Crippen LogP contribution in [0.3, 0.4) is 0 Å². The van der Waals surface area contributed by atoms with E-state index in [4.69, 9.17) is 9.84 Å². The van der Waals surface area contributed by atoms with E-state index in [9.17, 15) is 4.79 Å². The Morgan fingerprint density at radius 3 is 3.11 bits per heavy atom. The molecule has 0 radical (unpaired) electrons. The van der Waals surface area contributed by atoms with Crippen LogP contribution in [-0.2, 0) is 11.3 Å². The number of nitrogens with one attached hydrogen (secondary N) is 1. The standard InChI is InChI=1S/C12H18BrN3O3/c1-19-10-4-2-3-8(10)15-9-7-14-16(5-6-17)12(18)11(9)13/h7-8,10,15,17H,2-6H2,1H3. The van der Waals surface area contributed by atoms with Crippen LogP contribution in [0.4, 0.5) is 5.69 Å². The third-order valence-corrected chi connectivity index (χ3v) is 4.16. The molecule has 19 heavy (non-hydrogen) atoms. The van der Waals surface area contributed by atoms with Gasteiger partial charge in [0, 0.05) is 7.11 Å². The van der Waals surface area contributed by atoms with E-state index in [1.54, 1.807) is 13.3 Å². The van der Waals surface area contributed by atoms with Crippen molar-refractivity contribution in [1.82, 2.24) is 9.78 Å². The molecule has 0 spiro atoms. The highest BCUT2D eigenvalue weighted by molar-refractivity contribution is 9.10. The number of hydrogen-bond acceptors (Lipinski definition) is 5. The maximum absolute atomic E-state index is 12.0. The summed E-state index contributed by atoms with van der Waals surface area (Å²) in [7, 11) is 1.71. The van der Waals surface area contributed by atoms with Gasteiger partial charge in [-0.15, -0.1) is 0 Å². The Morgan fingerprint density at radius 1 is 1.63 bits per heavy atom. The van der Waals surface area contributed by atoms with Gasteiger partial charge in [0.15, 0.2) is 0 Å². The van der Waals surface area contributed by atoms with Crippen LogP contribution in [0.2, 0.25) is 0 Å². The van der Waals surface area contributed by atoms with E-state index in [0.717, 1.165) is 19.3 Å². The van der Waals surface area contributed by atoms with Gasteiger partial charge in [0.05, 0.1) is 37.2 Å². The van der Waals surface area contributed by atoms with Gasteiger partial charge in [-0.3, -0.25) is 4.79 Å². The second-order valence-electron chi connectivity index (χ2n) is 4.58. The van der Waals surface area contributed by atoms with Crippen LogP contribution in [0.1, 0.15) is 19.3 Å². The number of hydrogen-bond donors (Lipinski definition) is 2. The van der Waals surface area contributed by atoms with Gasteiger partial charge in [-0.05, 0) is 35.2 Å². The molecule has 106 valence electrons. The zero-order valence-corrected chi connectivity index (χ0v) is 12.4. The van der Waals surface area contributed by atoms with Crippen molar-refractivity contribution in [2.45, 2.75) is 38.0 Å². The van der Waals surface area contributed by atoms with Crippen LogP contribution < -0.4 is 10.9 Å². The highest BCUT2D eigenvalue weighted by atomic mass is 79.9. The summed E-state index contributed by atoms with van der Waals surface area (Å²) in [5.41, 5.74) is 0.430. The largest absolute Gasteiger partial charge is 0.394 e. The summed E-state index contributed by atoms with van der Waals surface area (Å²) in [6.45, 7) is 0.0856. The first kappa shape index (κ1) is 14.5. The highest BCUT2D eigenvalue weighted by Crippen LogP contribution is 2.26. The first-order chi connectivity index (χ1) is 9.17. The fraction of sp³-hybridized carbons (Fsp3) is 0.667. The molecule has 1 saturated carbocycles. The Hall–Kier alpha value is -0.920. The minimum absolute atomic E-state index is 0.111. The highest BCUT2D eigenvalue weighted by Gasteiger charge is 2.27. The Labute approximate surface area is 119 Å². The molecule has 1 fully saturated rings. The molecule has 1 aromatic heterocycles. The number of nitrogens with zero attached hydrogens (tertiary/aromatic N) is 2. The Balaban J connectivity index is 2.17. The minimum atomic E-state index is -0.244. The van der Waals surface area contributed by atoms with E-state index in [-0.39, 0.29) is 30.9 Å². The van der Waals surface area contributed by atoms with Crippen LogP contribution in [0, 0.1) is 0 Å². The number of aliphatic hydroxyl groups excluding tert-OH is 1. The molecule has 6 nitrogen and oxygen atoms in total. The molecule has 0 aromatic carbocycles. The van der Waals surface area contributed by atoms with Gasteiger partial charge in [-0.2, -0.15) is 5.10 Å². The maximum Gasteiger partial charge on any atom is 0.283 e. The van der Waals surface area contributed by atoms with Crippen molar-refractivity contribution >= 4 is 21.6 Å². The quantitative estimate of drug-likeness (QED) is 0.841. The number of methoxy groups -OCH3 is 1. The van der Waals surface area contributed by atoms with Crippen molar-refractivity contribution < 1.29 is 9.84 Å². The first-order valence-corrected chi connectivity index (χ1v) is 7.12. The lowest BCUT2D eigenvalue weighted by molar-refractivity contribution is 0.101. The molecular weight excluding hydrogens is 314 g/mol. The molecule has 1 aromatic rings. The molecular formula is C12H18BrN3O3. The van der Waals surface area contributed by atoms with Gasteiger partial charge >= 0.3 is 0 Å². The van der Waals surface area contributed by atoms with Crippen molar-refractivity contribution in [3.05, 3.63) is 21.0 Å². The van der Waals surface area contributed by atoms with E-state index in [0.29, 0.717) is 10.2 Å². The molecule has 1 aliphatic rings. The molecule has 7 heteroatoms. The lowest BCUT2D eigenvalue weighted by Crippen LogP contribution is -2.32. The van der Waals surface area contributed by atoms with Crippen LogP contribution in [0.15, 0.2) is 15.5 Å². The van der Waals surface area contributed by atoms with Crippen LogP contribution in [-0.4, -0.2) is 40.7 Å². The van der Waals surface area contributed by atoms with E-state index in [1.165, 1.54) is 4.68 Å². The van der Waals surface area contributed by atoms with Gasteiger partial charge in [-0.25, -0.2) is 4.68 Å². The SMILES string of the molecule is COC1CCCC1Nc1cnn(CCO)c(=O)c1Br. The summed E-state index contributed by atoms with van der Waals surface area (Å²) in [4.78, 5) is 12.0. The Morgan fingerprint density at radius 2 is 2.42 bits per heavy atom. The third-order valence-electron chi connectivity index (χ3n) is 3.39. The van der Waals surface area contributed by atoms with Crippen molar-refractivity contribution in [3.8, 4) is 0 Å². The number of halogens is 1. The normalized spacial score (nSPS) is 22.7. The van der Waals surface area contributed by atoms with Crippen molar-refractivity contribution in [2.75, 3.05) is 19.0 Å². The van der Waals surface area contributed by atoms with E-state index >= 15 is 0 Å². The molecule has 0 saturated heterocycles. The zero-order valence-electron chi connectivity index (χ0n) is 10.8. The van der Waals surface area contributed by atoms with Gasteiger partial charge in [0.2, 0.25) is 0 Å². The third kappa shape index (κ3) is 3.16. The van der Waals surface area contributed by atoms with Crippen LogP contribution >= 0.6 is 15.9 Å². The monoisotopic (exact) mass is 331 g/mol. The molecule has 0 bridgehead atoms. The fourth-order valence-corrected chi connectivity index (χ4v) is 2.81. The molecule has 0 aliphatic heterocycles. The predicted molar refractivity (Wildman–Crippen MR) is 75.3 cm³/mol. The summed E-state index contributed by atoms with van der Waals surface area (Å²) in [6, 6.07) is 0.205. The summed E-state index contributed by atoms with van der Waals surface area (Å²) >= 11 is 3.29. The summed E-state index contributed by atoms with van der Waals surface area (Å²) in [5, 5.41) is 16.2. The first-order valence-electron chi connectivity index (χ1n) is 6.33. The Bertz CT molecular complexity index is 492. The summed E-state index contributed by atoms with van der Waals surface area (Å²) in [5.74, 6) is 0. The predicted octanol–water partition coefficient (Wildman–Crippen LogP) is 0.978. The molecule has 2 unspecified atom stereocenters. The molecule has 2 atom stereocenters. The van der Waals surface area contributed by atoms with Crippen LogP contribution in [0.25, 0.3) is 0 Å². The van der Waals surface area contributed by atoms with Gasteiger partial charge < -0.3 is 15.2 Å². The Kier molecular flexibility index (Phi) is 4.95. The van der Waals surface area contributed by atoms with Gasteiger partial charge in [0.25, 0.3) is 5.56 Å². The van der Waals surface area contributed by atoms with Crippen molar-refractivity contribution in [3.63, 3.8) is 0 Å². The lowest BCUT2D eigenvalue weighted by atomic mass is 10.2. The second kappa shape index (κ2) is 6.49. The fourth-order valence-electron chi connectivity index (χ4n) is 2.39. The number of aromatic nitrogens is 2. The average molecular weight is 332 g/mol. The van der Waals surface area contributed by atoms with E-state index < -0.39 is 0 Å². The number of rotatable bonds is 5. The van der Waals surface area contributed by atoms with E-state index in [2.05, 4.69) is 26.3 Å². The van der Waals surface area contributed by atoms with Crippen LogP contribution in [0.5, 0.6) is 0 Å². The summed E-state index contributed by atoms with van der Waals surface area (Å²) in [6.07, 6.45) is 4.94. The average Bonchev–Trinajstić information content (AvgIpc) is 2.86. The number of anilines is 1. The van der Waals surface area contributed by atoms with Gasteiger partial charge in [-0.1, -0.05) is 0 Å². The van der Waals surface area contributed by atoms with Gasteiger partial charge in [0.1, 0.15) is 4.47 Å². The molecule has 2 rings (SSSR count). The molecule has 2 N–H and O–H groups in total. The molecule has 1 heterocycles. The van der Waals surface area contributed by atoms with Crippen molar-refractivity contribution in [1.29, 1.82) is 0 Å². The van der Waals surface area contributed by atoms with Crippen molar-refractivity contribution in [2.24, 2.45) is 0 Å². The molecule has 1 aliphatic carbocycles. The van der Waals surface area contributed by atoms with E-state index in [1.807, 2.05) is 0 Å².